The van der Waals surface area contributed by atoms with Gasteiger partial charge in [0.1, 0.15) is 10.1 Å². The smallest absolute Gasteiger partial charge is 0.133 e. The van der Waals surface area contributed by atoms with Crippen LogP contribution in [-0.4, -0.2) is 22.9 Å². The lowest BCUT2D eigenvalue weighted by molar-refractivity contribution is -0.117. The molecule has 0 aromatic carbocycles. The zero-order valence-electron chi connectivity index (χ0n) is 7.55. The number of nitrogens with one attached hydrogen (secondary N) is 1. The van der Waals surface area contributed by atoms with Crippen LogP contribution in [0.1, 0.15) is 26.2 Å². The van der Waals surface area contributed by atoms with Gasteiger partial charge in [-0.05, 0) is 26.0 Å². The van der Waals surface area contributed by atoms with Gasteiger partial charge >= 0.3 is 0 Å². The molecule has 0 aliphatic carbocycles. The summed E-state index contributed by atoms with van der Waals surface area (Å²) in [6.45, 7) is 2.51. The Morgan fingerprint density at radius 1 is 1.50 bits per heavy atom. The van der Waals surface area contributed by atoms with Crippen molar-refractivity contribution in [2.45, 2.75) is 26.2 Å². The number of hydrogen-bond donors (Lipinski definition) is 1. The van der Waals surface area contributed by atoms with Gasteiger partial charge in [0.25, 0.3) is 0 Å². The van der Waals surface area contributed by atoms with E-state index in [9.17, 15) is 4.79 Å². The van der Waals surface area contributed by atoms with Gasteiger partial charge in [-0.25, -0.2) is 0 Å². The van der Waals surface area contributed by atoms with E-state index in [2.05, 4.69) is 5.32 Å². The average Bonchev–Trinajstić information content (AvgIpc) is 2.03. The number of ketones is 1. The number of thiocarbonyl (C=S) groups is 1. The minimum absolute atomic E-state index is 0.266. The number of hydrogen-bond acceptors (Lipinski definition) is 3. The molecule has 0 bridgehead atoms. The first-order valence-corrected chi connectivity index (χ1v) is 5.61. The Morgan fingerprint density at radius 3 is 2.67 bits per heavy atom. The van der Waals surface area contributed by atoms with Crippen LogP contribution in [0, 0.1) is 0 Å². The van der Waals surface area contributed by atoms with Crippen LogP contribution in [0.2, 0.25) is 0 Å². The first kappa shape index (κ1) is 11.9. The van der Waals surface area contributed by atoms with Crippen molar-refractivity contribution in [1.29, 1.82) is 0 Å². The highest BCUT2D eigenvalue weighted by molar-refractivity contribution is 8.22. The van der Waals surface area contributed by atoms with Crippen LogP contribution < -0.4 is 5.32 Å². The van der Waals surface area contributed by atoms with E-state index in [1.165, 1.54) is 0 Å². The Hall–Kier alpha value is -0.0900. The van der Waals surface area contributed by atoms with Gasteiger partial charge in [-0.1, -0.05) is 12.2 Å². The van der Waals surface area contributed by atoms with E-state index in [-0.39, 0.29) is 5.78 Å². The van der Waals surface area contributed by atoms with Gasteiger partial charge in [-0.15, -0.1) is 11.8 Å². The molecule has 0 saturated carbocycles. The number of carbonyl (C=O) groups excluding carboxylic acids is 1. The monoisotopic (exact) mass is 205 g/mol. The van der Waals surface area contributed by atoms with E-state index in [1.54, 1.807) is 18.7 Å². The molecule has 0 aliphatic heterocycles. The summed E-state index contributed by atoms with van der Waals surface area (Å²) < 4.78 is 0.831. The molecule has 0 radical (unpaired) electrons. The standard InChI is InChI=1S/C8H15NOS2/c1-7(10)5-3-4-6-9-8(11)12-2/h3-6H2,1-2H3,(H,9,11). The van der Waals surface area contributed by atoms with Crippen LogP contribution >= 0.6 is 24.0 Å². The van der Waals surface area contributed by atoms with Gasteiger partial charge in [0.2, 0.25) is 0 Å². The molecule has 2 nitrogen and oxygen atoms in total. The summed E-state index contributed by atoms with van der Waals surface area (Å²) in [6.07, 6.45) is 4.61. The second-order valence-corrected chi connectivity index (χ2v) is 4.06. The maximum atomic E-state index is 10.5. The third-order valence-corrected chi connectivity index (χ3v) is 2.57. The molecule has 1 N–H and O–H groups in total. The molecular weight excluding hydrogens is 190 g/mol. The Labute approximate surface area is 83.5 Å². The van der Waals surface area contributed by atoms with Gasteiger partial charge in [-0.3, -0.25) is 0 Å². The van der Waals surface area contributed by atoms with Gasteiger partial charge in [-0.2, -0.15) is 0 Å². The van der Waals surface area contributed by atoms with Crippen LogP contribution in [0.3, 0.4) is 0 Å². The molecule has 0 spiro atoms. The second kappa shape index (κ2) is 7.55. The predicted octanol–water partition coefficient (Wildman–Crippen LogP) is 1.98. The fourth-order valence-corrected chi connectivity index (χ4v) is 1.11. The number of carbonyl (C=O) groups is 1. The molecule has 0 unspecified atom stereocenters. The molecule has 70 valence electrons. The lowest BCUT2D eigenvalue weighted by Gasteiger charge is -2.03. The van der Waals surface area contributed by atoms with Gasteiger partial charge in [0, 0.05) is 13.0 Å². The van der Waals surface area contributed by atoms with E-state index < -0.39 is 0 Å². The molecule has 0 aromatic heterocycles. The second-order valence-electron chi connectivity index (χ2n) is 2.58. The topological polar surface area (TPSA) is 29.1 Å². The molecule has 0 heterocycles. The molecule has 0 aliphatic rings. The maximum Gasteiger partial charge on any atom is 0.133 e. The van der Waals surface area contributed by atoms with E-state index in [1.807, 2.05) is 6.26 Å². The first-order valence-electron chi connectivity index (χ1n) is 3.98. The van der Waals surface area contributed by atoms with Crippen LogP contribution in [0.5, 0.6) is 0 Å². The minimum Gasteiger partial charge on any atom is -0.371 e. The summed E-state index contributed by atoms with van der Waals surface area (Å²) in [5, 5.41) is 3.09. The predicted molar refractivity (Wildman–Crippen MR) is 58.6 cm³/mol. The highest BCUT2D eigenvalue weighted by Crippen LogP contribution is 1.97. The highest BCUT2D eigenvalue weighted by atomic mass is 32.2. The summed E-state index contributed by atoms with van der Waals surface area (Å²) in [5.41, 5.74) is 0. The van der Waals surface area contributed by atoms with E-state index in [4.69, 9.17) is 12.2 Å². The normalized spacial score (nSPS) is 9.50. The van der Waals surface area contributed by atoms with Crippen molar-refractivity contribution in [2.75, 3.05) is 12.8 Å². The summed E-state index contributed by atoms with van der Waals surface area (Å²) in [6, 6.07) is 0. The third-order valence-electron chi connectivity index (χ3n) is 1.41. The minimum atomic E-state index is 0.266. The Kier molecular flexibility index (Phi) is 7.50. The maximum absolute atomic E-state index is 10.5. The zero-order valence-corrected chi connectivity index (χ0v) is 9.19. The molecular formula is C8H15NOS2. The number of thioether (sulfide) groups is 1. The fraction of sp³-hybridized carbons (Fsp3) is 0.750. The molecule has 4 heteroatoms. The lowest BCUT2D eigenvalue weighted by Crippen LogP contribution is -2.19. The van der Waals surface area contributed by atoms with Crippen molar-refractivity contribution in [3.8, 4) is 0 Å². The molecule has 0 aromatic rings. The van der Waals surface area contributed by atoms with Crippen molar-refractivity contribution >= 4 is 34.1 Å². The van der Waals surface area contributed by atoms with Gasteiger partial charge in [0.05, 0.1) is 0 Å². The summed E-state index contributed by atoms with van der Waals surface area (Å²) >= 11 is 6.48. The largest absolute Gasteiger partial charge is 0.371 e. The van der Waals surface area contributed by atoms with Gasteiger partial charge in [0.15, 0.2) is 0 Å². The molecule has 0 atom stereocenters. The fourth-order valence-electron chi connectivity index (χ4n) is 0.762. The molecule has 0 fully saturated rings. The van der Waals surface area contributed by atoms with Crippen LogP contribution in [0.25, 0.3) is 0 Å². The van der Waals surface area contributed by atoms with Crippen molar-refractivity contribution in [1.82, 2.24) is 5.32 Å². The number of rotatable bonds is 5. The number of Topliss-reactive ketones (excluding diaryl/α,β-unsaturated/α-hetero) is 1. The van der Waals surface area contributed by atoms with Crippen LogP contribution in [0.4, 0.5) is 0 Å². The molecule has 0 amide bonds. The van der Waals surface area contributed by atoms with Gasteiger partial charge < -0.3 is 10.1 Å². The average molecular weight is 205 g/mol. The summed E-state index contributed by atoms with van der Waals surface area (Å²) in [4.78, 5) is 10.5. The SMILES string of the molecule is CSC(=S)NCCCCC(C)=O. The zero-order chi connectivity index (χ0) is 9.40. The highest BCUT2D eigenvalue weighted by Gasteiger charge is 1.94. The quantitative estimate of drug-likeness (QED) is 0.549. The lowest BCUT2D eigenvalue weighted by atomic mass is 10.2. The molecule has 12 heavy (non-hydrogen) atoms. The molecule has 0 saturated heterocycles. The van der Waals surface area contributed by atoms with Crippen LogP contribution in [-0.2, 0) is 4.79 Å². The van der Waals surface area contributed by atoms with E-state index in [0.717, 1.165) is 23.7 Å². The summed E-state index contributed by atoms with van der Waals surface area (Å²) in [5.74, 6) is 0.266. The van der Waals surface area contributed by atoms with Crippen molar-refractivity contribution in [3.63, 3.8) is 0 Å². The first-order chi connectivity index (χ1) is 5.66. The van der Waals surface area contributed by atoms with Crippen molar-refractivity contribution in [2.24, 2.45) is 0 Å². The van der Waals surface area contributed by atoms with Crippen molar-refractivity contribution < 1.29 is 4.79 Å². The van der Waals surface area contributed by atoms with E-state index in [0.29, 0.717) is 6.42 Å². The Balaban J connectivity index is 3.11. The Bertz CT molecular complexity index is 159. The Morgan fingerprint density at radius 2 is 2.17 bits per heavy atom. The van der Waals surface area contributed by atoms with E-state index >= 15 is 0 Å². The number of unbranched alkanes of at least 4 members (excludes halogenated alkanes) is 1. The van der Waals surface area contributed by atoms with Crippen LogP contribution in [0.15, 0.2) is 0 Å². The summed E-state index contributed by atoms with van der Waals surface area (Å²) in [7, 11) is 0. The van der Waals surface area contributed by atoms with Crippen molar-refractivity contribution in [3.05, 3.63) is 0 Å². The molecule has 0 rings (SSSR count). The third kappa shape index (κ3) is 8.01.